The molecule has 5 heteroatoms. The molecule has 2 heterocycles. The Bertz CT molecular complexity index is 620. The average Bonchev–Trinajstić information content (AvgIpc) is 3.11. The Morgan fingerprint density at radius 3 is 3.15 bits per heavy atom. The number of carbonyl (C=O) groups is 1. The first kappa shape index (κ1) is 12.7. The van der Waals surface area contributed by atoms with E-state index in [1.807, 2.05) is 24.3 Å². The summed E-state index contributed by atoms with van der Waals surface area (Å²) in [7, 11) is 1.35. The molecule has 1 atom stereocenters. The van der Waals surface area contributed by atoms with Crippen molar-refractivity contribution < 1.29 is 18.7 Å². The molecule has 0 bridgehead atoms. The van der Waals surface area contributed by atoms with Crippen molar-refractivity contribution >= 4 is 5.97 Å². The highest BCUT2D eigenvalue weighted by Gasteiger charge is 2.23. The number of furan rings is 1. The lowest BCUT2D eigenvalue weighted by molar-refractivity contribution is 0.0600. The lowest BCUT2D eigenvalue weighted by Crippen LogP contribution is -2.21. The maximum atomic E-state index is 11.3. The Kier molecular flexibility index (Phi) is 3.43. The molecular formula is C15H15NO4. The molecule has 3 rings (SSSR count). The molecule has 1 unspecified atom stereocenters. The zero-order valence-electron chi connectivity index (χ0n) is 11.1. The van der Waals surface area contributed by atoms with Crippen molar-refractivity contribution in [2.75, 3.05) is 13.7 Å². The molecule has 2 aromatic rings. The molecule has 104 valence electrons. The first-order valence-corrected chi connectivity index (χ1v) is 6.39. The van der Waals surface area contributed by atoms with Crippen molar-refractivity contribution in [3.8, 4) is 5.75 Å². The van der Waals surface area contributed by atoms with Crippen LogP contribution in [0.3, 0.4) is 0 Å². The molecule has 20 heavy (non-hydrogen) atoms. The van der Waals surface area contributed by atoms with Gasteiger partial charge in [-0.1, -0.05) is 18.2 Å². The van der Waals surface area contributed by atoms with Gasteiger partial charge in [-0.3, -0.25) is 5.32 Å². The number of esters is 1. The summed E-state index contributed by atoms with van der Waals surface area (Å²) in [6.45, 7) is 1.13. The number of nitrogens with one attached hydrogen (secondary N) is 1. The molecule has 0 aliphatic carbocycles. The summed E-state index contributed by atoms with van der Waals surface area (Å²) in [6.07, 6.45) is 1.40. The van der Waals surface area contributed by atoms with Crippen molar-refractivity contribution in [2.24, 2.45) is 0 Å². The van der Waals surface area contributed by atoms with E-state index in [1.54, 1.807) is 6.07 Å². The quantitative estimate of drug-likeness (QED) is 0.866. The second-order valence-corrected chi connectivity index (χ2v) is 4.58. The standard InChI is InChI=1S/C15H15NO4/c1-18-15(17)10-6-11(19-8-10)7-16-13-9-20-14-5-3-2-4-12(13)14/h2-6,8,13,16H,7,9H2,1H3. The van der Waals surface area contributed by atoms with E-state index in [2.05, 4.69) is 10.1 Å². The third-order valence-electron chi connectivity index (χ3n) is 3.30. The molecule has 1 aromatic carbocycles. The third kappa shape index (κ3) is 2.40. The third-order valence-corrected chi connectivity index (χ3v) is 3.30. The number of fused-ring (bicyclic) bond motifs is 1. The van der Waals surface area contributed by atoms with Crippen LogP contribution in [0.15, 0.2) is 41.0 Å². The molecule has 1 aliphatic rings. The van der Waals surface area contributed by atoms with Gasteiger partial charge in [0, 0.05) is 5.56 Å². The Morgan fingerprint density at radius 2 is 2.30 bits per heavy atom. The maximum Gasteiger partial charge on any atom is 0.341 e. The molecule has 0 saturated heterocycles. The summed E-state index contributed by atoms with van der Waals surface area (Å²) in [4.78, 5) is 11.3. The lowest BCUT2D eigenvalue weighted by Gasteiger charge is -2.09. The Balaban J connectivity index is 1.63. The van der Waals surface area contributed by atoms with Gasteiger partial charge in [0.1, 0.15) is 24.4 Å². The molecule has 1 aromatic heterocycles. The SMILES string of the molecule is COC(=O)c1coc(CNC2COc3ccccc32)c1. The summed E-state index contributed by atoms with van der Waals surface area (Å²) in [5, 5.41) is 3.35. The van der Waals surface area contributed by atoms with E-state index < -0.39 is 5.97 Å². The average molecular weight is 273 g/mol. The van der Waals surface area contributed by atoms with Gasteiger partial charge >= 0.3 is 5.97 Å². The van der Waals surface area contributed by atoms with Gasteiger partial charge in [-0.15, -0.1) is 0 Å². The summed E-state index contributed by atoms with van der Waals surface area (Å²) < 4.78 is 15.6. The van der Waals surface area contributed by atoms with Crippen molar-refractivity contribution in [1.29, 1.82) is 0 Å². The highest BCUT2D eigenvalue weighted by atomic mass is 16.5. The number of benzene rings is 1. The molecule has 0 spiro atoms. The van der Waals surface area contributed by atoms with Gasteiger partial charge in [-0.2, -0.15) is 0 Å². The number of rotatable bonds is 4. The molecular weight excluding hydrogens is 258 g/mol. The minimum absolute atomic E-state index is 0.137. The van der Waals surface area contributed by atoms with Crippen molar-refractivity contribution in [3.05, 3.63) is 53.5 Å². The Morgan fingerprint density at radius 1 is 1.45 bits per heavy atom. The maximum absolute atomic E-state index is 11.3. The van der Waals surface area contributed by atoms with Gasteiger partial charge in [-0.25, -0.2) is 4.79 Å². The van der Waals surface area contributed by atoms with Gasteiger partial charge < -0.3 is 13.9 Å². The first-order chi connectivity index (χ1) is 9.78. The molecule has 1 aliphatic heterocycles. The number of hydrogen-bond acceptors (Lipinski definition) is 5. The monoisotopic (exact) mass is 273 g/mol. The Labute approximate surface area is 116 Å². The first-order valence-electron chi connectivity index (χ1n) is 6.39. The van der Waals surface area contributed by atoms with Crippen LogP contribution in [0, 0.1) is 0 Å². The molecule has 1 N–H and O–H groups in total. The lowest BCUT2D eigenvalue weighted by atomic mass is 10.1. The topological polar surface area (TPSA) is 60.7 Å². The van der Waals surface area contributed by atoms with E-state index in [9.17, 15) is 4.79 Å². The second kappa shape index (κ2) is 5.38. The molecule has 0 fully saturated rings. The number of para-hydroxylation sites is 1. The molecule has 0 radical (unpaired) electrons. The zero-order valence-corrected chi connectivity index (χ0v) is 11.1. The summed E-state index contributed by atoms with van der Waals surface area (Å²) >= 11 is 0. The predicted molar refractivity (Wildman–Crippen MR) is 71.6 cm³/mol. The number of ether oxygens (including phenoxy) is 2. The largest absolute Gasteiger partial charge is 0.491 e. The van der Waals surface area contributed by atoms with Gasteiger partial charge in [0.05, 0.1) is 25.3 Å². The van der Waals surface area contributed by atoms with Crippen LogP contribution in [0.1, 0.15) is 27.7 Å². The van der Waals surface area contributed by atoms with E-state index in [4.69, 9.17) is 9.15 Å². The second-order valence-electron chi connectivity index (χ2n) is 4.58. The minimum atomic E-state index is -0.394. The number of hydrogen-bond donors (Lipinski definition) is 1. The fourth-order valence-corrected chi connectivity index (χ4v) is 2.25. The van der Waals surface area contributed by atoms with Gasteiger partial charge in [0.25, 0.3) is 0 Å². The Hall–Kier alpha value is -2.27. The highest BCUT2D eigenvalue weighted by Crippen LogP contribution is 2.31. The van der Waals surface area contributed by atoms with Gasteiger partial charge in [-0.05, 0) is 12.1 Å². The van der Waals surface area contributed by atoms with Gasteiger partial charge in [0.15, 0.2) is 0 Å². The molecule has 5 nitrogen and oxygen atoms in total. The van der Waals surface area contributed by atoms with Crippen molar-refractivity contribution in [2.45, 2.75) is 12.6 Å². The molecule has 0 saturated carbocycles. The van der Waals surface area contributed by atoms with E-state index >= 15 is 0 Å². The van der Waals surface area contributed by atoms with E-state index in [0.29, 0.717) is 24.5 Å². The van der Waals surface area contributed by atoms with Crippen LogP contribution >= 0.6 is 0 Å². The normalized spacial score (nSPS) is 16.6. The minimum Gasteiger partial charge on any atom is -0.491 e. The van der Waals surface area contributed by atoms with Gasteiger partial charge in [0.2, 0.25) is 0 Å². The zero-order chi connectivity index (χ0) is 13.9. The van der Waals surface area contributed by atoms with Crippen LogP contribution in [0.5, 0.6) is 5.75 Å². The van der Waals surface area contributed by atoms with Crippen molar-refractivity contribution in [3.63, 3.8) is 0 Å². The number of carbonyl (C=O) groups excluding carboxylic acids is 1. The van der Waals surface area contributed by atoms with E-state index in [-0.39, 0.29) is 6.04 Å². The fraction of sp³-hybridized carbons (Fsp3) is 0.267. The van der Waals surface area contributed by atoms with E-state index in [0.717, 1.165) is 11.3 Å². The van der Waals surface area contributed by atoms with Crippen LogP contribution in [0.25, 0.3) is 0 Å². The smallest absolute Gasteiger partial charge is 0.341 e. The summed E-state index contributed by atoms with van der Waals surface area (Å²) in [6, 6.07) is 9.76. The fourth-order valence-electron chi connectivity index (χ4n) is 2.25. The van der Waals surface area contributed by atoms with Crippen LogP contribution in [-0.2, 0) is 11.3 Å². The highest BCUT2D eigenvalue weighted by molar-refractivity contribution is 5.88. The van der Waals surface area contributed by atoms with E-state index in [1.165, 1.54) is 13.4 Å². The predicted octanol–water partition coefficient (Wildman–Crippen LogP) is 2.29. The van der Waals surface area contributed by atoms with Crippen molar-refractivity contribution in [1.82, 2.24) is 5.32 Å². The van der Waals surface area contributed by atoms with Crippen LogP contribution < -0.4 is 10.1 Å². The van der Waals surface area contributed by atoms with Crippen LogP contribution in [0.2, 0.25) is 0 Å². The number of methoxy groups -OCH3 is 1. The summed E-state index contributed by atoms with van der Waals surface area (Å²) in [5.74, 6) is 1.21. The van der Waals surface area contributed by atoms with Crippen LogP contribution in [0.4, 0.5) is 0 Å². The molecule has 0 amide bonds. The summed E-state index contributed by atoms with van der Waals surface area (Å²) in [5.41, 5.74) is 1.57. The van der Waals surface area contributed by atoms with Crippen LogP contribution in [-0.4, -0.2) is 19.7 Å².